The van der Waals surface area contributed by atoms with Crippen LogP contribution in [0.5, 0.6) is 5.75 Å². The molecule has 0 saturated heterocycles. The second-order valence-corrected chi connectivity index (χ2v) is 7.43. The molecule has 0 atom stereocenters. The maximum Gasteiger partial charge on any atom is 0.248 e. The fraction of sp³-hybridized carbons (Fsp3) is 0.273. The van der Waals surface area contributed by atoms with Gasteiger partial charge >= 0.3 is 0 Å². The molecule has 2 heterocycles. The molecule has 144 valence electrons. The molecule has 4 rings (SSSR count). The van der Waals surface area contributed by atoms with Crippen molar-refractivity contribution in [1.82, 2.24) is 9.78 Å². The van der Waals surface area contributed by atoms with Gasteiger partial charge in [-0.1, -0.05) is 36.2 Å². The number of nitrogens with zero attached hydrogens (tertiary/aromatic N) is 3. The minimum absolute atomic E-state index is 0.0179. The van der Waals surface area contributed by atoms with Crippen LogP contribution < -0.4 is 9.64 Å². The first-order chi connectivity index (χ1) is 13.6. The van der Waals surface area contributed by atoms with Crippen LogP contribution in [0.15, 0.2) is 48.7 Å². The average Bonchev–Trinajstić information content (AvgIpc) is 3.09. The monoisotopic (exact) mass is 395 g/mol. The predicted octanol–water partition coefficient (Wildman–Crippen LogP) is 4.85. The molecule has 0 bridgehead atoms. The van der Waals surface area contributed by atoms with E-state index in [9.17, 15) is 4.79 Å². The lowest BCUT2D eigenvalue weighted by Gasteiger charge is -2.24. The molecule has 2 aromatic carbocycles. The summed E-state index contributed by atoms with van der Waals surface area (Å²) in [5, 5.41) is 5.10. The van der Waals surface area contributed by atoms with E-state index in [1.54, 1.807) is 15.8 Å². The van der Waals surface area contributed by atoms with Crippen LogP contribution >= 0.6 is 11.6 Å². The topological polar surface area (TPSA) is 47.4 Å². The van der Waals surface area contributed by atoms with Crippen LogP contribution in [0.25, 0.3) is 11.3 Å². The minimum Gasteiger partial charge on any atom is -0.488 e. The quantitative estimate of drug-likeness (QED) is 0.620. The van der Waals surface area contributed by atoms with Gasteiger partial charge in [-0.15, -0.1) is 0 Å². The van der Waals surface area contributed by atoms with E-state index in [1.807, 2.05) is 43.3 Å². The Morgan fingerprint density at radius 1 is 1.29 bits per heavy atom. The van der Waals surface area contributed by atoms with E-state index in [0.717, 1.165) is 40.2 Å². The number of aromatic nitrogens is 2. The first-order valence-electron chi connectivity index (χ1n) is 9.41. The van der Waals surface area contributed by atoms with Crippen LogP contribution in [0.2, 0.25) is 5.02 Å². The van der Waals surface area contributed by atoms with Crippen molar-refractivity contribution in [1.29, 1.82) is 0 Å². The normalized spacial score (nSPS) is 12.1. The second kappa shape index (κ2) is 7.68. The fourth-order valence-corrected chi connectivity index (χ4v) is 3.74. The number of amides is 1. The van der Waals surface area contributed by atoms with Crippen LogP contribution in [-0.4, -0.2) is 22.2 Å². The first-order valence-corrected chi connectivity index (χ1v) is 9.79. The van der Waals surface area contributed by atoms with E-state index < -0.39 is 0 Å². The molecule has 1 aromatic heterocycles. The number of halogens is 1. The zero-order valence-electron chi connectivity index (χ0n) is 16.0. The molecule has 0 saturated carbocycles. The SMILES string of the molecule is CCCN(C(=O)Cn1ncc2c1-c1cc(C)ccc1OC2)c1cccc(Cl)c1. The van der Waals surface area contributed by atoms with Gasteiger partial charge in [0.25, 0.3) is 0 Å². The third-order valence-electron chi connectivity index (χ3n) is 4.84. The van der Waals surface area contributed by atoms with Gasteiger partial charge in [-0.05, 0) is 43.7 Å². The lowest BCUT2D eigenvalue weighted by Crippen LogP contribution is -2.35. The van der Waals surface area contributed by atoms with Gasteiger partial charge in [0.05, 0.1) is 11.9 Å². The van der Waals surface area contributed by atoms with E-state index in [-0.39, 0.29) is 12.5 Å². The van der Waals surface area contributed by atoms with Crippen LogP contribution in [0, 0.1) is 6.92 Å². The van der Waals surface area contributed by atoms with Crippen molar-refractivity contribution >= 4 is 23.2 Å². The molecule has 0 unspecified atom stereocenters. The Morgan fingerprint density at radius 2 is 2.14 bits per heavy atom. The first kappa shape index (κ1) is 18.6. The third-order valence-corrected chi connectivity index (χ3v) is 5.08. The number of carbonyl (C=O) groups excluding carboxylic acids is 1. The van der Waals surface area contributed by atoms with Gasteiger partial charge in [0.1, 0.15) is 18.9 Å². The van der Waals surface area contributed by atoms with Crippen molar-refractivity contribution in [3.05, 3.63) is 64.8 Å². The van der Waals surface area contributed by atoms with Gasteiger partial charge in [0.2, 0.25) is 5.91 Å². The van der Waals surface area contributed by atoms with Gasteiger partial charge in [0.15, 0.2) is 0 Å². The number of aryl methyl sites for hydroxylation is 1. The molecule has 1 aliphatic heterocycles. The van der Waals surface area contributed by atoms with Crippen molar-refractivity contribution in [2.24, 2.45) is 0 Å². The average molecular weight is 396 g/mol. The van der Waals surface area contributed by atoms with E-state index in [1.165, 1.54) is 0 Å². The Morgan fingerprint density at radius 3 is 2.93 bits per heavy atom. The second-order valence-electron chi connectivity index (χ2n) is 6.99. The van der Waals surface area contributed by atoms with Crippen molar-refractivity contribution in [3.63, 3.8) is 0 Å². The van der Waals surface area contributed by atoms with Gasteiger partial charge in [-0.3, -0.25) is 9.48 Å². The van der Waals surface area contributed by atoms with E-state index >= 15 is 0 Å². The van der Waals surface area contributed by atoms with Crippen molar-refractivity contribution < 1.29 is 9.53 Å². The summed E-state index contributed by atoms with van der Waals surface area (Å²) in [6.07, 6.45) is 2.64. The van der Waals surface area contributed by atoms with Crippen molar-refractivity contribution in [2.75, 3.05) is 11.4 Å². The lowest BCUT2D eigenvalue weighted by atomic mass is 10.0. The Labute approximate surface area is 169 Å². The van der Waals surface area contributed by atoms with Gasteiger partial charge in [-0.2, -0.15) is 5.10 Å². The van der Waals surface area contributed by atoms with E-state index in [2.05, 4.69) is 18.1 Å². The summed E-state index contributed by atoms with van der Waals surface area (Å²) >= 11 is 6.13. The van der Waals surface area contributed by atoms with Gasteiger partial charge in [0, 0.05) is 28.4 Å². The molecular weight excluding hydrogens is 374 g/mol. The van der Waals surface area contributed by atoms with Gasteiger partial charge in [-0.25, -0.2) is 0 Å². The van der Waals surface area contributed by atoms with Crippen LogP contribution in [-0.2, 0) is 17.9 Å². The third kappa shape index (κ3) is 3.50. The summed E-state index contributed by atoms with van der Waals surface area (Å²) < 4.78 is 7.61. The van der Waals surface area contributed by atoms with E-state index in [4.69, 9.17) is 16.3 Å². The molecule has 0 aliphatic carbocycles. The Hall–Kier alpha value is -2.79. The standard InChI is InChI=1S/C22H22ClN3O2/c1-3-9-25(18-6-4-5-17(23)11-18)21(27)13-26-22-16(12-24-26)14-28-20-8-7-15(2)10-19(20)22/h4-8,10-12H,3,9,13-14H2,1-2H3. The summed E-state index contributed by atoms with van der Waals surface area (Å²) in [6, 6.07) is 13.5. The highest BCUT2D eigenvalue weighted by molar-refractivity contribution is 6.30. The number of ether oxygens (including phenoxy) is 1. The fourth-order valence-electron chi connectivity index (χ4n) is 3.55. The highest BCUT2D eigenvalue weighted by Gasteiger charge is 2.25. The summed E-state index contributed by atoms with van der Waals surface area (Å²) in [6.45, 7) is 5.35. The largest absolute Gasteiger partial charge is 0.488 e. The molecule has 0 fully saturated rings. The molecule has 0 spiro atoms. The molecule has 6 heteroatoms. The number of carbonyl (C=O) groups is 1. The smallest absolute Gasteiger partial charge is 0.248 e. The Balaban J connectivity index is 1.66. The molecule has 3 aromatic rings. The molecule has 5 nitrogen and oxygen atoms in total. The number of anilines is 1. The summed E-state index contributed by atoms with van der Waals surface area (Å²) in [5.41, 5.74) is 4.88. The number of hydrogen-bond donors (Lipinski definition) is 0. The van der Waals surface area contributed by atoms with Crippen LogP contribution in [0.1, 0.15) is 24.5 Å². The number of hydrogen-bond acceptors (Lipinski definition) is 3. The van der Waals surface area contributed by atoms with Gasteiger partial charge < -0.3 is 9.64 Å². The summed E-state index contributed by atoms with van der Waals surface area (Å²) in [7, 11) is 0. The van der Waals surface area contributed by atoms with Crippen molar-refractivity contribution in [3.8, 4) is 17.0 Å². The summed E-state index contributed by atoms with van der Waals surface area (Å²) in [5.74, 6) is 0.809. The summed E-state index contributed by atoms with van der Waals surface area (Å²) in [4.78, 5) is 14.9. The Bertz CT molecular complexity index is 1030. The zero-order chi connectivity index (χ0) is 19.7. The highest BCUT2D eigenvalue weighted by Crippen LogP contribution is 2.38. The maximum atomic E-state index is 13.2. The molecule has 0 N–H and O–H groups in total. The molecule has 1 aliphatic rings. The predicted molar refractivity (Wildman–Crippen MR) is 111 cm³/mol. The lowest BCUT2D eigenvalue weighted by molar-refractivity contribution is -0.119. The molecule has 1 amide bonds. The number of rotatable bonds is 5. The van der Waals surface area contributed by atoms with Crippen molar-refractivity contribution in [2.45, 2.75) is 33.4 Å². The molecular formula is C22H22ClN3O2. The molecule has 28 heavy (non-hydrogen) atoms. The highest BCUT2D eigenvalue weighted by atomic mass is 35.5. The molecule has 0 radical (unpaired) electrons. The number of fused-ring (bicyclic) bond motifs is 3. The Kier molecular flexibility index (Phi) is 5.09. The number of benzene rings is 2. The maximum absolute atomic E-state index is 13.2. The van der Waals surface area contributed by atoms with Crippen LogP contribution in [0.3, 0.4) is 0 Å². The van der Waals surface area contributed by atoms with E-state index in [0.29, 0.717) is 18.2 Å². The van der Waals surface area contributed by atoms with Crippen LogP contribution in [0.4, 0.5) is 5.69 Å². The minimum atomic E-state index is -0.0179. The zero-order valence-corrected chi connectivity index (χ0v) is 16.7.